The van der Waals surface area contributed by atoms with Crippen LogP contribution in [-0.2, 0) is 17.8 Å². The Balaban J connectivity index is 1.40. The lowest BCUT2D eigenvalue weighted by molar-refractivity contribution is -0.121. The van der Waals surface area contributed by atoms with E-state index in [1.54, 1.807) is 4.52 Å². The zero-order valence-electron chi connectivity index (χ0n) is 15.0. The van der Waals surface area contributed by atoms with E-state index >= 15 is 0 Å². The summed E-state index contributed by atoms with van der Waals surface area (Å²) in [7, 11) is 0. The molecule has 0 radical (unpaired) electrons. The summed E-state index contributed by atoms with van der Waals surface area (Å²) in [5.41, 5.74) is 4.98. The van der Waals surface area contributed by atoms with E-state index in [0.717, 1.165) is 33.5 Å². The predicted octanol–water partition coefficient (Wildman–Crippen LogP) is 1.16. The number of rotatable bonds is 5. The van der Waals surface area contributed by atoms with Gasteiger partial charge in [0.15, 0.2) is 0 Å². The molecule has 0 saturated carbocycles. The third-order valence-corrected chi connectivity index (χ3v) is 4.66. The van der Waals surface area contributed by atoms with Gasteiger partial charge in [0.2, 0.25) is 5.91 Å². The Morgan fingerprint density at radius 2 is 2.04 bits per heavy atom. The predicted molar refractivity (Wildman–Crippen MR) is 99.3 cm³/mol. The van der Waals surface area contributed by atoms with Gasteiger partial charge in [-0.05, 0) is 43.5 Å². The van der Waals surface area contributed by atoms with E-state index in [4.69, 9.17) is 0 Å². The first kappa shape index (κ1) is 17.0. The van der Waals surface area contributed by atoms with Gasteiger partial charge in [0, 0.05) is 24.4 Å². The molecule has 1 aromatic carbocycles. The van der Waals surface area contributed by atoms with Crippen molar-refractivity contribution in [2.45, 2.75) is 33.2 Å². The first-order valence-corrected chi connectivity index (χ1v) is 8.64. The van der Waals surface area contributed by atoms with Crippen LogP contribution in [-0.4, -0.2) is 35.5 Å². The van der Waals surface area contributed by atoms with Gasteiger partial charge in [0.05, 0.1) is 11.0 Å². The number of aryl methyl sites for hydroxylation is 2. The first-order valence-electron chi connectivity index (χ1n) is 8.64. The molecule has 0 aliphatic rings. The fraction of sp³-hybridized carbons (Fsp3) is 0.278. The fourth-order valence-electron chi connectivity index (χ4n) is 3.23. The molecule has 3 N–H and O–H groups in total. The number of amides is 1. The average Bonchev–Trinajstić information content (AvgIpc) is 3.24. The number of hydrogen-bond acceptors (Lipinski definition) is 5. The third kappa shape index (κ3) is 3.31. The minimum Gasteiger partial charge on any atom is -0.352 e. The van der Waals surface area contributed by atoms with Crippen molar-refractivity contribution in [2.24, 2.45) is 0 Å². The van der Waals surface area contributed by atoms with Crippen molar-refractivity contribution in [3.05, 3.63) is 57.5 Å². The molecule has 0 unspecified atom stereocenters. The second-order valence-electron chi connectivity index (χ2n) is 6.47. The number of nitrogens with zero attached hydrogens (tertiary/aromatic N) is 4. The van der Waals surface area contributed by atoms with Crippen LogP contribution in [0.5, 0.6) is 0 Å². The molecule has 1 amide bonds. The molecule has 0 aliphatic carbocycles. The van der Waals surface area contributed by atoms with E-state index in [-0.39, 0.29) is 11.6 Å². The fourth-order valence-corrected chi connectivity index (χ4v) is 3.23. The minimum absolute atomic E-state index is 0.0462. The highest BCUT2D eigenvalue weighted by atomic mass is 16.1. The number of hydrogen-bond donors (Lipinski definition) is 3. The van der Waals surface area contributed by atoms with Crippen molar-refractivity contribution in [1.82, 2.24) is 34.9 Å². The van der Waals surface area contributed by atoms with Gasteiger partial charge in [-0.2, -0.15) is 10.1 Å². The topological polar surface area (TPSA) is 121 Å². The van der Waals surface area contributed by atoms with Crippen LogP contribution >= 0.6 is 0 Å². The Hall–Kier alpha value is -3.49. The smallest absolute Gasteiger partial charge is 0.323 e. The first-order chi connectivity index (χ1) is 13.0. The van der Waals surface area contributed by atoms with Crippen molar-refractivity contribution in [3.63, 3.8) is 0 Å². The Labute approximate surface area is 153 Å². The molecule has 4 rings (SSSR count). The summed E-state index contributed by atoms with van der Waals surface area (Å²) < 4.78 is 1.69. The maximum absolute atomic E-state index is 12.3. The molecule has 9 nitrogen and oxygen atoms in total. The van der Waals surface area contributed by atoms with Crippen LogP contribution in [0, 0.1) is 13.8 Å². The van der Waals surface area contributed by atoms with Crippen LogP contribution in [0.3, 0.4) is 0 Å². The van der Waals surface area contributed by atoms with E-state index in [1.165, 1.54) is 6.33 Å². The van der Waals surface area contributed by atoms with E-state index in [2.05, 4.69) is 30.4 Å². The molecule has 9 heteroatoms. The Bertz CT molecular complexity index is 1200. The lowest BCUT2D eigenvalue weighted by Gasteiger charge is -2.10. The molecule has 4 aromatic rings. The summed E-state index contributed by atoms with van der Waals surface area (Å²) in [6.45, 7) is 4.28. The number of imidazole rings is 1. The number of aromatic nitrogens is 6. The van der Waals surface area contributed by atoms with Gasteiger partial charge < -0.3 is 15.3 Å². The van der Waals surface area contributed by atoms with Crippen LogP contribution in [0.2, 0.25) is 0 Å². The zero-order chi connectivity index (χ0) is 19.0. The van der Waals surface area contributed by atoms with Crippen molar-refractivity contribution in [3.8, 4) is 0 Å². The second-order valence-corrected chi connectivity index (χ2v) is 6.47. The van der Waals surface area contributed by atoms with Gasteiger partial charge in [-0.1, -0.05) is 6.07 Å². The van der Waals surface area contributed by atoms with Gasteiger partial charge in [0.1, 0.15) is 6.33 Å². The van der Waals surface area contributed by atoms with Crippen LogP contribution in [0.25, 0.3) is 16.8 Å². The van der Waals surface area contributed by atoms with E-state index < -0.39 is 0 Å². The summed E-state index contributed by atoms with van der Waals surface area (Å²) in [6.07, 6.45) is 2.41. The highest BCUT2D eigenvalue weighted by molar-refractivity contribution is 5.77. The molecule has 0 saturated heterocycles. The second kappa shape index (κ2) is 6.67. The number of carbonyl (C=O) groups is 1. The van der Waals surface area contributed by atoms with Crippen LogP contribution in [0.4, 0.5) is 0 Å². The van der Waals surface area contributed by atoms with Crippen molar-refractivity contribution in [2.75, 3.05) is 0 Å². The summed E-state index contributed by atoms with van der Waals surface area (Å²) in [5.74, 6) is 0.520. The summed E-state index contributed by atoms with van der Waals surface area (Å²) >= 11 is 0. The molecule has 0 bridgehead atoms. The molecule has 3 heterocycles. The van der Waals surface area contributed by atoms with Crippen LogP contribution in [0.1, 0.15) is 28.9 Å². The zero-order valence-corrected chi connectivity index (χ0v) is 15.0. The largest absolute Gasteiger partial charge is 0.352 e. The molecule has 0 aliphatic heterocycles. The van der Waals surface area contributed by atoms with Crippen LogP contribution < -0.4 is 11.0 Å². The average molecular weight is 365 g/mol. The summed E-state index contributed by atoms with van der Waals surface area (Å²) in [6, 6.07) is 5.55. The van der Waals surface area contributed by atoms with Gasteiger partial charge in [0.25, 0.3) is 5.78 Å². The van der Waals surface area contributed by atoms with Crippen molar-refractivity contribution in [1.29, 1.82) is 0 Å². The number of aromatic amines is 2. The van der Waals surface area contributed by atoms with Gasteiger partial charge >= 0.3 is 5.69 Å². The molecular weight excluding hydrogens is 346 g/mol. The molecular formula is C18H19N7O2. The molecule has 0 spiro atoms. The highest BCUT2D eigenvalue weighted by Crippen LogP contribution is 2.15. The van der Waals surface area contributed by atoms with E-state index in [1.807, 2.05) is 32.0 Å². The third-order valence-electron chi connectivity index (χ3n) is 4.66. The van der Waals surface area contributed by atoms with Crippen molar-refractivity contribution < 1.29 is 4.79 Å². The van der Waals surface area contributed by atoms with E-state index in [9.17, 15) is 9.59 Å². The lowest BCUT2D eigenvalue weighted by atomic mass is 10.1. The molecule has 0 fully saturated rings. The SMILES string of the molecule is Cc1nc2ncnn2c(C)c1CCC(=O)NCc1ccc2[nH]c(=O)[nH]c2c1. The number of carbonyl (C=O) groups excluding carboxylic acids is 1. The number of benzene rings is 1. The minimum atomic E-state index is -0.241. The lowest BCUT2D eigenvalue weighted by Crippen LogP contribution is -2.23. The Morgan fingerprint density at radius 1 is 1.22 bits per heavy atom. The molecule has 138 valence electrons. The number of H-pyrrole nitrogens is 2. The number of fused-ring (bicyclic) bond motifs is 2. The van der Waals surface area contributed by atoms with Crippen LogP contribution in [0.15, 0.2) is 29.3 Å². The van der Waals surface area contributed by atoms with Gasteiger partial charge in [-0.25, -0.2) is 14.3 Å². The summed E-state index contributed by atoms with van der Waals surface area (Å²) in [5, 5.41) is 7.08. The Kier molecular flexibility index (Phi) is 4.19. The maximum atomic E-state index is 12.3. The quantitative estimate of drug-likeness (QED) is 0.490. The monoisotopic (exact) mass is 365 g/mol. The van der Waals surface area contributed by atoms with Gasteiger partial charge in [-0.15, -0.1) is 0 Å². The standard InChI is InChI=1S/C18H19N7O2/c1-10-13(11(2)25-17(22-10)20-9-21-25)4-6-16(26)19-8-12-3-5-14-15(7-12)24-18(27)23-14/h3,5,7,9H,4,6,8H2,1-2H3,(H,19,26)(H2,23,24,27). The molecule has 0 atom stereocenters. The van der Waals surface area contributed by atoms with Crippen molar-refractivity contribution >= 4 is 22.7 Å². The molecule has 3 aromatic heterocycles. The van der Waals surface area contributed by atoms with Gasteiger partial charge in [-0.3, -0.25) is 4.79 Å². The van der Waals surface area contributed by atoms with E-state index in [0.29, 0.717) is 25.2 Å². The summed E-state index contributed by atoms with van der Waals surface area (Å²) in [4.78, 5) is 37.5. The normalized spacial score (nSPS) is 11.3. The number of nitrogens with one attached hydrogen (secondary N) is 3. The molecule has 27 heavy (non-hydrogen) atoms. The maximum Gasteiger partial charge on any atom is 0.323 e. The highest BCUT2D eigenvalue weighted by Gasteiger charge is 2.12. The Morgan fingerprint density at radius 3 is 2.89 bits per heavy atom.